The second kappa shape index (κ2) is 5.32. The SMILES string of the molecule is Cc1ccc2c(c1C)N(C(=O)C1CC13CCS(=O)(=O)CC3)CCC2. The lowest BCUT2D eigenvalue weighted by Crippen LogP contribution is -2.39. The number of aryl methyl sites for hydroxylation is 2. The van der Waals surface area contributed by atoms with Crippen LogP contribution in [0, 0.1) is 25.2 Å². The van der Waals surface area contributed by atoms with E-state index in [-0.39, 0.29) is 28.7 Å². The minimum absolute atomic E-state index is 0.0267. The molecular weight excluding hydrogens is 322 g/mol. The molecule has 2 fully saturated rings. The third-order valence-corrected chi connectivity index (χ3v) is 8.11. The van der Waals surface area contributed by atoms with Crippen LogP contribution >= 0.6 is 0 Å². The number of benzene rings is 1. The van der Waals surface area contributed by atoms with Crippen LogP contribution in [0.1, 0.15) is 42.4 Å². The van der Waals surface area contributed by atoms with Crippen LogP contribution in [0.2, 0.25) is 0 Å². The molecule has 2 aliphatic heterocycles. The molecule has 5 heteroatoms. The first-order chi connectivity index (χ1) is 11.3. The molecule has 1 aromatic carbocycles. The standard InChI is InChI=1S/C19H25NO3S/c1-13-5-6-15-4-3-9-20(17(15)14(13)2)18(21)16-12-19(16)7-10-24(22,23)11-8-19/h5-6,16H,3-4,7-12H2,1-2H3. The highest BCUT2D eigenvalue weighted by molar-refractivity contribution is 7.91. The molecule has 1 aromatic rings. The predicted octanol–water partition coefficient (Wildman–Crippen LogP) is 2.80. The Hall–Kier alpha value is -1.36. The first-order valence-electron chi connectivity index (χ1n) is 8.94. The highest BCUT2D eigenvalue weighted by atomic mass is 32.2. The molecule has 4 rings (SSSR count). The van der Waals surface area contributed by atoms with Crippen molar-refractivity contribution in [2.75, 3.05) is 23.0 Å². The Labute approximate surface area is 144 Å². The summed E-state index contributed by atoms with van der Waals surface area (Å²) < 4.78 is 23.4. The van der Waals surface area contributed by atoms with E-state index in [1.165, 1.54) is 16.7 Å². The monoisotopic (exact) mass is 347 g/mol. The van der Waals surface area contributed by atoms with Crippen molar-refractivity contribution in [1.29, 1.82) is 0 Å². The van der Waals surface area contributed by atoms with E-state index < -0.39 is 9.84 Å². The van der Waals surface area contributed by atoms with E-state index in [0.29, 0.717) is 12.8 Å². The average molecular weight is 347 g/mol. The summed E-state index contributed by atoms with van der Waals surface area (Å²) in [4.78, 5) is 15.2. The zero-order chi connectivity index (χ0) is 17.1. The molecule has 1 saturated heterocycles. The van der Waals surface area contributed by atoms with Gasteiger partial charge in [0.2, 0.25) is 5.91 Å². The topological polar surface area (TPSA) is 54.5 Å². The van der Waals surface area contributed by atoms with Crippen molar-refractivity contribution in [3.8, 4) is 0 Å². The first kappa shape index (κ1) is 16.1. The summed E-state index contributed by atoms with van der Waals surface area (Å²) in [5, 5.41) is 0. The molecule has 2 heterocycles. The van der Waals surface area contributed by atoms with Gasteiger partial charge in [0.05, 0.1) is 11.5 Å². The number of amides is 1. The molecule has 24 heavy (non-hydrogen) atoms. The summed E-state index contributed by atoms with van der Waals surface area (Å²) in [6.07, 6.45) is 4.25. The van der Waals surface area contributed by atoms with Gasteiger partial charge < -0.3 is 4.90 Å². The zero-order valence-electron chi connectivity index (χ0n) is 14.5. The zero-order valence-corrected chi connectivity index (χ0v) is 15.3. The van der Waals surface area contributed by atoms with E-state index in [4.69, 9.17) is 0 Å². The fraction of sp³-hybridized carbons (Fsp3) is 0.632. The Bertz CT molecular complexity index is 798. The quantitative estimate of drug-likeness (QED) is 0.785. The molecule has 0 aromatic heterocycles. The molecule has 1 aliphatic carbocycles. The molecule has 0 bridgehead atoms. The van der Waals surface area contributed by atoms with Gasteiger partial charge in [0.25, 0.3) is 0 Å². The molecule has 1 atom stereocenters. The number of anilines is 1. The van der Waals surface area contributed by atoms with E-state index in [1.54, 1.807) is 0 Å². The van der Waals surface area contributed by atoms with Crippen molar-refractivity contribution < 1.29 is 13.2 Å². The lowest BCUT2D eigenvalue weighted by molar-refractivity contribution is -0.120. The lowest BCUT2D eigenvalue weighted by atomic mass is 9.93. The van der Waals surface area contributed by atoms with Crippen molar-refractivity contribution in [3.05, 3.63) is 28.8 Å². The molecule has 130 valence electrons. The summed E-state index contributed by atoms with van der Waals surface area (Å²) in [6, 6.07) is 4.31. The van der Waals surface area contributed by atoms with Gasteiger partial charge in [-0.3, -0.25) is 4.79 Å². The minimum atomic E-state index is -2.87. The Morgan fingerprint density at radius 1 is 1.21 bits per heavy atom. The van der Waals surface area contributed by atoms with Crippen LogP contribution in [-0.4, -0.2) is 32.4 Å². The van der Waals surface area contributed by atoms with Crippen LogP contribution in [0.15, 0.2) is 12.1 Å². The van der Waals surface area contributed by atoms with E-state index in [2.05, 4.69) is 26.0 Å². The Morgan fingerprint density at radius 2 is 1.92 bits per heavy atom. The largest absolute Gasteiger partial charge is 0.312 e. The third kappa shape index (κ3) is 2.48. The van der Waals surface area contributed by atoms with E-state index in [9.17, 15) is 13.2 Å². The summed E-state index contributed by atoms with van der Waals surface area (Å²) >= 11 is 0. The number of hydrogen-bond donors (Lipinski definition) is 0. The van der Waals surface area contributed by atoms with E-state index in [1.807, 2.05) is 4.90 Å². The predicted molar refractivity (Wildman–Crippen MR) is 95.0 cm³/mol. The number of sulfone groups is 1. The maximum Gasteiger partial charge on any atom is 0.230 e. The third-order valence-electron chi connectivity index (χ3n) is 6.46. The number of carbonyl (C=O) groups is 1. The highest BCUT2D eigenvalue weighted by Gasteiger charge is 2.60. The summed E-state index contributed by atoms with van der Waals surface area (Å²) in [7, 11) is -2.87. The van der Waals surface area contributed by atoms with Crippen molar-refractivity contribution >= 4 is 21.4 Å². The number of carbonyl (C=O) groups excluding carboxylic acids is 1. The molecule has 1 amide bonds. The van der Waals surface area contributed by atoms with Gasteiger partial charge >= 0.3 is 0 Å². The van der Waals surface area contributed by atoms with Crippen LogP contribution < -0.4 is 4.90 Å². The fourth-order valence-corrected chi connectivity index (χ4v) is 6.22. The first-order valence-corrected chi connectivity index (χ1v) is 10.8. The van der Waals surface area contributed by atoms with Gasteiger partial charge in [0.1, 0.15) is 9.84 Å². The molecular formula is C19H25NO3S. The number of hydrogen-bond acceptors (Lipinski definition) is 3. The van der Waals surface area contributed by atoms with Gasteiger partial charge in [-0.1, -0.05) is 12.1 Å². The number of nitrogens with zero attached hydrogens (tertiary/aromatic N) is 1. The van der Waals surface area contributed by atoms with Gasteiger partial charge in [-0.2, -0.15) is 0 Å². The van der Waals surface area contributed by atoms with Crippen molar-refractivity contribution in [2.45, 2.75) is 46.0 Å². The molecule has 1 spiro atoms. The molecule has 0 N–H and O–H groups in total. The van der Waals surface area contributed by atoms with Crippen molar-refractivity contribution in [1.82, 2.24) is 0 Å². The summed E-state index contributed by atoms with van der Waals surface area (Å²) in [5.41, 5.74) is 4.80. The Balaban J connectivity index is 1.59. The lowest BCUT2D eigenvalue weighted by Gasteiger charge is -2.33. The average Bonchev–Trinajstić information content (AvgIpc) is 3.27. The smallest absolute Gasteiger partial charge is 0.230 e. The van der Waals surface area contributed by atoms with Crippen molar-refractivity contribution in [3.63, 3.8) is 0 Å². The molecule has 1 saturated carbocycles. The van der Waals surface area contributed by atoms with Gasteiger partial charge in [-0.05, 0) is 68.1 Å². The summed E-state index contributed by atoms with van der Waals surface area (Å²) in [6.45, 7) is 4.99. The maximum atomic E-state index is 13.2. The molecule has 3 aliphatic rings. The van der Waals surface area contributed by atoms with Crippen LogP contribution in [0.25, 0.3) is 0 Å². The molecule has 1 unspecified atom stereocenters. The van der Waals surface area contributed by atoms with Gasteiger partial charge in [0.15, 0.2) is 0 Å². The van der Waals surface area contributed by atoms with Crippen LogP contribution in [0.3, 0.4) is 0 Å². The Kier molecular flexibility index (Phi) is 3.57. The highest BCUT2D eigenvalue weighted by Crippen LogP contribution is 2.60. The van der Waals surface area contributed by atoms with Crippen LogP contribution in [-0.2, 0) is 21.1 Å². The molecule has 0 radical (unpaired) electrons. The van der Waals surface area contributed by atoms with E-state index >= 15 is 0 Å². The minimum Gasteiger partial charge on any atom is -0.312 e. The molecule has 4 nitrogen and oxygen atoms in total. The Morgan fingerprint density at radius 3 is 2.62 bits per heavy atom. The van der Waals surface area contributed by atoms with Crippen LogP contribution in [0.4, 0.5) is 5.69 Å². The number of rotatable bonds is 1. The van der Waals surface area contributed by atoms with Gasteiger partial charge in [0, 0.05) is 18.2 Å². The van der Waals surface area contributed by atoms with Crippen molar-refractivity contribution in [2.24, 2.45) is 11.3 Å². The summed E-state index contributed by atoms with van der Waals surface area (Å²) in [5.74, 6) is 0.764. The fourth-order valence-electron chi connectivity index (χ4n) is 4.58. The normalized spacial score (nSPS) is 26.9. The van der Waals surface area contributed by atoms with Gasteiger partial charge in [-0.25, -0.2) is 8.42 Å². The van der Waals surface area contributed by atoms with E-state index in [0.717, 1.165) is 31.5 Å². The maximum absolute atomic E-state index is 13.2. The second-order valence-corrected chi connectivity index (χ2v) is 10.2. The van der Waals surface area contributed by atoms with Crippen LogP contribution in [0.5, 0.6) is 0 Å². The second-order valence-electron chi connectivity index (χ2n) is 7.88. The van der Waals surface area contributed by atoms with Gasteiger partial charge in [-0.15, -0.1) is 0 Å². The number of fused-ring (bicyclic) bond motifs is 1.